The van der Waals surface area contributed by atoms with Gasteiger partial charge in [-0.1, -0.05) is 48.9 Å². The molecule has 3 aromatic rings. The molecule has 1 heterocycles. The van der Waals surface area contributed by atoms with E-state index in [-0.39, 0.29) is 23.7 Å². The zero-order valence-electron chi connectivity index (χ0n) is 16.7. The van der Waals surface area contributed by atoms with Crippen LogP contribution in [0.4, 0.5) is 4.39 Å². The summed E-state index contributed by atoms with van der Waals surface area (Å²) in [5.41, 5.74) is 3.57. The second-order valence-corrected chi connectivity index (χ2v) is 7.50. The number of carbonyl (C=O) groups is 1. The van der Waals surface area contributed by atoms with Gasteiger partial charge in [0.25, 0.3) is 0 Å². The third kappa shape index (κ3) is 3.83. The topological polar surface area (TPSA) is 35.5 Å². The van der Waals surface area contributed by atoms with Crippen molar-refractivity contribution in [3.05, 3.63) is 99.0 Å². The molecule has 3 aromatic carbocycles. The van der Waals surface area contributed by atoms with E-state index in [4.69, 9.17) is 21.1 Å². The van der Waals surface area contributed by atoms with Crippen LogP contribution in [0.15, 0.2) is 60.4 Å². The highest BCUT2D eigenvalue weighted by Gasteiger charge is 2.30. The average Bonchev–Trinajstić information content (AvgIpc) is 3.06. The van der Waals surface area contributed by atoms with Gasteiger partial charge in [0.05, 0.1) is 10.6 Å². The standard InChI is InChI=1S/C25H20ClFO3/c1-3-16-7-9-17(10-8-16)13-23-24(28)18-11-12-22(15(2)25(18)30-23)29-14-19-20(26)5-4-6-21(19)27/h4-13H,3,14H2,1-2H3/b23-13-. The van der Waals surface area contributed by atoms with Gasteiger partial charge in [-0.05, 0) is 54.8 Å². The number of allylic oxidation sites excluding steroid dienone is 1. The summed E-state index contributed by atoms with van der Waals surface area (Å²) >= 11 is 6.07. The van der Waals surface area contributed by atoms with E-state index in [9.17, 15) is 9.18 Å². The number of ketones is 1. The number of ether oxygens (including phenoxy) is 2. The van der Waals surface area contributed by atoms with E-state index in [2.05, 4.69) is 6.92 Å². The molecule has 0 amide bonds. The molecule has 0 aliphatic carbocycles. The molecule has 0 radical (unpaired) electrons. The lowest BCUT2D eigenvalue weighted by molar-refractivity contribution is 0.101. The van der Waals surface area contributed by atoms with Crippen molar-refractivity contribution in [2.75, 3.05) is 0 Å². The highest BCUT2D eigenvalue weighted by molar-refractivity contribution is 6.31. The molecule has 0 aromatic heterocycles. The Morgan fingerprint density at radius 2 is 1.87 bits per heavy atom. The smallest absolute Gasteiger partial charge is 0.231 e. The predicted octanol–water partition coefficient (Wildman–Crippen LogP) is 6.55. The first kappa shape index (κ1) is 20.2. The third-order valence-electron chi connectivity index (χ3n) is 5.16. The second-order valence-electron chi connectivity index (χ2n) is 7.09. The molecule has 0 N–H and O–H groups in total. The fraction of sp³-hybridized carbons (Fsp3) is 0.160. The number of aryl methyl sites for hydroxylation is 1. The molecule has 4 rings (SSSR count). The van der Waals surface area contributed by atoms with E-state index in [1.807, 2.05) is 31.2 Å². The molecule has 3 nitrogen and oxygen atoms in total. The van der Waals surface area contributed by atoms with Crippen LogP contribution in [-0.4, -0.2) is 5.78 Å². The van der Waals surface area contributed by atoms with Crippen LogP contribution >= 0.6 is 11.6 Å². The van der Waals surface area contributed by atoms with Gasteiger partial charge in [-0.25, -0.2) is 4.39 Å². The van der Waals surface area contributed by atoms with Crippen LogP contribution in [-0.2, 0) is 13.0 Å². The quantitative estimate of drug-likeness (QED) is 0.437. The Morgan fingerprint density at radius 1 is 1.10 bits per heavy atom. The van der Waals surface area contributed by atoms with Gasteiger partial charge in [-0.2, -0.15) is 0 Å². The van der Waals surface area contributed by atoms with E-state index < -0.39 is 5.82 Å². The number of hydrogen-bond acceptors (Lipinski definition) is 3. The van der Waals surface area contributed by atoms with Crippen LogP contribution in [0, 0.1) is 12.7 Å². The summed E-state index contributed by atoms with van der Waals surface area (Å²) in [5.74, 6) is 0.651. The van der Waals surface area contributed by atoms with Gasteiger partial charge in [0, 0.05) is 11.1 Å². The summed E-state index contributed by atoms with van der Waals surface area (Å²) in [5, 5.41) is 0.305. The molecule has 0 saturated carbocycles. The number of carbonyl (C=O) groups excluding carboxylic acids is 1. The summed E-state index contributed by atoms with van der Waals surface area (Å²) in [6.45, 7) is 3.88. The van der Waals surface area contributed by atoms with E-state index >= 15 is 0 Å². The summed E-state index contributed by atoms with van der Waals surface area (Å²) in [6.07, 6.45) is 2.69. The molecule has 1 aliphatic heterocycles. The number of rotatable bonds is 5. The van der Waals surface area contributed by atoms with Gasteiger partial charge in [-0.3, -0.25) is 4.79 Å². The first-order valence-corrected chi connectivity index (χ1v) is 10.1. The van der Waals surface area contributed by atoms with Crippen molar-refractivity contribution in [3.63, 3.8) is 0 Å². The van der Waals surface area contributed by atoms with Crippen molar-refractivity contribution in [2.24, 2.45) is 0 Å². The van der Waals surface area contributed by atoms with Crippen LogP contribution in [0.2, 0.25) is 5.02 Å². The van der Waals surface area contributed by atoms with Gasteiger partial charge in [0.2, 0.25) is 5.78 Å². The molecule has 5 heteroatoms. The third-order valence-corrected chi connectivity index (χ3v) is 5.51. The Kier molecular flexibility index (Phi) is 5.60. The van der Waals surface area contributed by atoms with E-state index in [0.29, 0.717) is 27.6 Å². The Labute approximate surface area is 179 Å². The van der Waals surface area contributed by atoms with Crippen molar-refractivity contribution in [2.45, 2.75) is 26.9 Å². The van der Waals surface area contributed by atoms with Gasteiger partial charge in [0.15, 0.2) is 5.76 Å². The fourth-order valence-corrected chi connectivity index (χ4v) is 3.56. The van der Waals surface area contributed by atoms with Crippen LogP contribution in [0.25, 0.3) is 6.08 Å². The monoisotopic (exact) mass is 422 g/mol. The van der Waals surface area contributed by atoms with Crippen molar-refractivity contribution >= 4 is 23.5 Å². The molecular formula is C25H20ClFO3. The van der Waals surface area contributed by atoms with Gasteiger partial charge in [-0.15, -0.1) is 0 Å². The highest BCUT2D eigenvalue weighted by atomic mass is 35.5. The molecule has 0 saturated heterocycles. The largest absolute Gasteiger partial charge is 0.488 e. The first-order valence-electron chi connectivity index (χ1n) is 9.70. The minimum atomic E-state index is -0.424. The summed E-state index contributed by atoms with van der Waals surface area (Å²) in [4.78, 5) is 12.8. The fourth-order valence-electron chi connectivity index (χ4n) is 3.35. The molecule has 0 bridgehead atoms. The summed E-state index contributed by atoms with van der Waals surface area (Å²) in [7, 11) is 0. The second kappa shape index (κ2) is 8.33. The summed E-state index contributed by atoms with van der Waals surface area (Å²) in [6, 6.07) is 15.9. The Balaban J connectivity index is 1.57. The number of hydrogen-bond donors (Lipinski definition) is 0. The maximum atomic E-state index is 14.0. The van der Waals surface area contributed by atoms with Crippen molar-refractivity contribution in [3.8, 4) is 11.5 Å². The lowest BCUT2D eigenvalue weighted by Crippen LogP contribution is -2.01. The lowest BCUT2D eigenvalue weighted by Gasteiger charge is -2.12. The molecule has 0 spiro atoms. The molecule has 152 valence electrons. The SMILES string of the molecule is CCc1ccc(/C=C2\Oc3c(ccc(OCc4c(F)cccc4Cl)c3C)C2=O)cc1. The lowest BCUT2D eigenvalue weighted by atomic mass is 10.0. The minimum Gasteiger partial charge on any atom is -0.488 e. The predicted molar refractivity (Wildman–Crippen MR) is 116 cm³/mol. The van der Waals surface area contributed by atoms with Crippen molar-refractivity contribution in [1.29, 1.82) is 0 Å². The van der Waals surface area contributed by atoms with E-state index in [1.165, 1.54) is 11.6 Å². The Hall–Kier alpha value is -3.11. The molecule has 1 aliphatic rings. The van der Waals surface area contributed by atoms with Crippen LogP contribution < -0.4 is 9.47 Å². The maximum absolute atomic E-state index is 14.0. The van der Waals surface area contributed by atoms with Crippen LogP contribution in [0.1, 0.15) is 39.5 Å². The summed E-state index contributed by atoms with van der Waals surface area (Å²) < 4.78 is 25.7. The zero-order valence-corrected chi connectivity index (χ0v) is 17.4. The molecular weight excluding hydrogens is 403 g/mol. The van der Waals surface area contributed by atoms with Crippen LogP contribution in [0.3, 0.4) is 0 Å². The average molecular weight is 423 g/mol. The van der Waals surface area contributed by atoms with Gasteiger partial charge >= 0.3 is 0 Å². The van der Waals surface area contributed by atoms with E-state index in [0.717, 1.165) is 12.0 Å². The van der Waals surface area contributed by atoms with Crippen molar-refractivity contribution in [1.82, 2.24) is 0 Å². The highest BCUT2D eigenvalue weighted by Crippen LogP contribution is 2.39. The molecule has 0 unspecified atom stereocenters. The van der Waals surface area contributed by atoms with E-state index in [1.54, 1.807) is 30.3 Å². The molecule has 30 heavy (non-hydrogen) atoms. The van der Waals surface area contributed by atoms with Crippen molar-refractivity contribution < 1.29 is 18.7 Å². The normalized spacial score (nSPS) is 14.0. The van der Waals surface area contributed by atoms with Gasteiger partial charge < -0.3 is 9.47 Å². The van der Waals surface area contributed by atoms with Crippen LogP contribution in [0.5, 0.6) is 11.5 Å². The minimum absolute atomic E-state index is 0.0223. The number of Topliss-reactive ketones (excluding diaryl/α,β-unsaturated/α-hetero) is 1. The Bertz CT molecular complexity index is 1130. The molecule has 0 fully saturated rings. The number of fused-ring (bicyclic) bond motifs is 1. The Morgan fingerprint density at radius 3 is 2.57 bits per heavy atom. The first-order chi connectivity index (χ1) is 14.5. The van der Waals surface area contributed by atoms with Gasteiger partial charge in [0.1, 0.15) is 23.9 Å². The number of halogens is 2. The molecule has 0 atom stereocenters. The zero-order chi connectivity index (χ0) is 21.3. The maximum Gasteiger partial charge on any atom is 0.231 e. The number of benzene rings is 3.